The van der Waals surface area contributed by atoms with E-state index >= 15 is 0 Å². The summed E-state index contributed by atoms with van der Waals surface area (Å²) in [5.41, 5.74) is 4.86. The van der Waals surface area contributed by atoms with Gasteiger partial charge in [-0.05, 0) is 71.5 Å². The van der Waals surface area contributed by atoms with Gasteiger partial charge >= 0.3 is 0 Å². The minimum Gasteiger partial charge on any atom is -0.468 e. The summed E-state index contributed by atoms with van der Waals surface area (Å²) in [5, 5.41) is 13.8. The molecule has 5 aromatic rings. The molecule has 0 saturated carbocycles. The number of hydrogen-bond donors (Lipinski definition) is 1. The number of nitrogens with one attached hydrogen (secondary N) is 1. The Kier molecular flexibility index (Phi) is 7.28. The van der Waals surface area contributed by atoms with Gasteiger partial charge in [0.05, 0.1) is 30.9 Å². The molecule has 8 heteroatoms. The largest absolute Gasteiger partial charge is 0.468 e. The van der Waals surface area contributed by atoms with Crippen LogP contribution in [0.2, 0.25) is 0 Å². The predicted molar refractivity (Wildman–Crippen MR) is 143 cm³/mol. The molecule has 5 rings (SSSR count). The Bertz CT molecular complexity index is 1520. The molecule has 1 atom stereocenters. The number of tetrazole rings is 1. The van der Waals surface area contributed by atoms with Crippen molar-refractivity contribution in [3.05, 3.63) is 111 Å². The molecule has 2 aromatic carbocycles. The Morgan fingerprint density at radius 3 is 2.65 bits per heavy atom. The van der Waals surface area contributed by atoms with Gasteiger partial charge in [0.2, 0.25) is 0 Å². The SMILES string of the molecule is CCC[C@@H](c1nnnn1Cc1ccccc1)N(Cc1ccco1)Cc1cc2cc(C)cc(C)c2[nH]c1=O. The monoisotopic (exact) mass is 496 g/mol. The molecule has 0 bridgehead atoms. The third-order valence-corrected chi connectivity index (χ3v) is 6.72. The zero-order chi connectivity index (χ0) is 25.8. The molecule has 8 nitrogen and oxygen atoms in total. The van der Waals surface area contributed by atoms with Crippen LogP contribution in [0.15, 0.2) is 76.1 Å². The number of aryl methyl sites for hydroxylation is 2. The van der Waals surface area contributed by atoms with Crippen LogP contribution in [0.4, 0.5) is 0 Å². The molecule has 0 saturated heterocycles. The summed E-state index contributed by atoms with van der Waals surface area (Å²) in [5.74, 6) is 1.60. The van der Waals surface area contributed by atoms with Gasteiger partial charge in [-0.3, -0.25) is 9.69 Å². The number of pyridine rings is 1. The van der Waals surface area contributed by atoms with E-state index in [2.05, 4.69) is 63.5 Å². The van der Waals surface area contributed by atoms with Crippen molar-refractivity contribution in [2.45, 2.75) is 59.3 Å². The standard InChI is InChI=1S/C29H32N6O2/c1-4-9-26(28-31-32-33-35(28)17-22-10-6-5-7-11-22)34(19-25-12-8-13-37-25)18-24-16-23-15-20(2)14-21(3)27(23)30-29(24)36/h5-8,10-16,26H,4,9,17-19H2,1-3H3,(H,30,36)/t26-/m0/s1. The fourth-order valence-corrected chi connectivity index (χ4v) is 5.01. The molecule has 0 spiro atoms. The minimum atomic E-state index is -0.108. The number of aromatic amines is 1. The van der Waals surface area contributed by atoms with Gasteiger partial charge in [-0.1, -0.05) is 55.3 Å². The van der Waals surface area contributed by atoms with Crippen LogP contribution < -0.4 is 5.56 Å². The lowest BCUT2D eigenvalue weighted by atomic mass is 10.0. The van der Waals surface area contributed by atoms with Crippen molar-refractivity contribution in [3.63, 3.8) is 0 Å². The second-order valence-electron chi connectivity index (χ2n) is 9.64. The fraction of sp³-hybridized carbons (Fsp3) is 0.310. The first kappa shape index (κ1) is 24.6. The summed E-state index contributed by atoms with van der Waals surface area (Å²) in [6.45, 7) is 7.79. The zero-order valence-corrected chi connectivity index (χ0v) is 21.5. The molecule has 0 aliphatic heterocycles. The van der Waals surface area contributed by atoms with Gasteiger partial charge in [0.15, 0.2) is 5.82 Å². The van der Waals surface area contributed by atoms with Crippen molar-refractivity contribution < 1.29 is 4.42 Å². The molecule has 0 unspecified atom stereocenters. The van der Waals surface area contributed by atoms with Crippen molar-refractivity contribution in [2.75, 3.05) is 0 Å². The maximum atomic E-state index is 13.2. The van der Waals surface area contributed by atoms with Crippen LogP contribution in [0, 0.1) is 13.8 Å². The second kappa shape index (κ2) is 10.9. The van der Waals surface area contributed by atoms with E-state index in [9.17, 15) is 4.79 Å². The molecule has 190 valence electrons. The highest BCUT2D eigenvalue weighted by Crippen LogP contribution is 2.28. The van der Waals surface area contributed by atoms with Gasteiger partial charge in [0.1, 0.15) is 5.76 Å². The third kappa shape index (κ3) is 5.54. The first-order chi connectivity index (χ1) is 18.0. The number of furan rings is 1. The molecule has 0 fully saturated rings. The number of aromatic nitrogens is 5. The van der Waals surface area contributed by atoms with E-state index in [4.69, 9.17) is 4.42 Å². The van der Waals surface area contributed by atoms with Gasteiger partial charge < -0.3 is 9.40 Å². The lowest BCUT2D eigenvalue weighted by molar-refractivity contribution is 0.144. The third-order valence-electron chi connectivity index (χ3n) is 6.72. The Morgan fingerprint density at radius 1 is 1.05 bits per heavy atom. The highest BCUT2D eigenvalue weighted by Gasteiger charge is 2.27. The van der Waals surface area contributed by atoms with Crippen LogP contribution in [0.5, 0.6) is 0 Å². The first-order valence-electron chi connectivity index (χ1n) is 12.7. The maximum absolute atomic E-state index is 13.2. The highest BCUT2D eigenvalue weighted by molar-refractivity contribution is 5.82. The van der Waals surface area contributed by atoms with Crippen LogP contribution in [0.1, 0.15) is 59.6 Å². The number of rotatable bonds is 10. The minimum absolute atomic E-state index is 0.0805. The van der Waals surface area contributed by atoms with Crippen molar-refractivity contribution in [1.29, 1.82) is 0 Å². The normalized spacial score (nSPS) is 12.4. The van der Waals surface area contributed by atoms with Crippen LogP contribution in [-0.4, -0.2) is 30.1 Å². The van der Waals surface area contributed by atoms with E-state index in [1.165, 1.54) is 5.56 Å². The topological polar surface area (TPSA) is 92.8 Å². The van der Waals surface area contributed by atoms with Gasteiger partial charge in [-0.2, -0.15) is 0 Å². The van der Waals surface area contributed by atoms with Crippen molar-refractivity contribution in [2.24, 2.45) is 0 Å². The van der Waals surface area contributed by atoms with Crippen molar-refractivity contribution in [3.8, 4) is 0 Å². The predicted octanol–water partition coefficient (Wildman–Crippen LogP) is 5.32. The van der Waals surface area contributed by atoms with Crippen molar-refractivity contribution in [1.82, 2.24) is 30.1 Å². The molecule has 3 aromatic heterocycles. The Hall–Kier alpha value is -4.04. The van der Waals surface area contributed by atoms with Gasteiger partial charge in [0, 0.05) is 12.1 Å². The van der Waals surface area contributed by atoms with Crippen LogP contribution >= 0.6 is 0 Å². The lowest BCUT2D eigenvalue weighted by Gasteiger charge is -2.30. The molecule has 0 radical (unpaired) electrons. The Morgan fingerprint density at radius 2 is 1.89 bits per heavy atom. The molecule has 3 heterocycles. The Balaban J connectivity index is 1.54. The molecular formula is C29H32N6O2. The molecule has 0 amide bonds. The maximum Gasteiger partial charge on any atom is 0.252 e. The van der Waals surface area contributed by atoms with Crippen LogP contribution in [0.25, 0.3) is 10.9 Å². The molecule has 1 N–H and O–H groups in total. The summed E-state index contributed by atoms with van der Waals surface area (Å²) in [6, 6.07) is 20.1. The highest BCUT2D eigenvalue weighted by atomic mass is 16.3. The lowest BCUT2D eigenvalue weighted by Crippen LogP contribution is -2.32. The average molecular weight is 497 g/mol. The van der Waals surface area contributed by atoms with Gasteiger partial charge in [-0.25, -0.2) is 4.68 Å². The van der Waals surface area contributed by atoms with Gasteiger partial charge in [-0.15, -0.1) is 5.10 Å². The van der Waals surface area contributed by atoms with E-state index in [1.54, 1.807) is 6.26 Å². The molecule has 0 aliphatic carbocycles. The van der Waals surface area contributed by atoms with E-state index in [0.29, 0.717) is 25.2 Å². The van der Waals surface area contributed by atoms with Crippen molar-refractivity contribution >= 4 is 10.9 Å². The van der Waals surface area contributed by atoms with E-state index in [1.807, 2.05) is 48.0 Å². The van der Waals surface area contributed by atoms with E-state index in [0.717, 1.165) is 46.5 Å². The average Bonchev–Trinajstić information content (AvgIpc) is 3.56. The molecule has 37 heavy (non-hydrogen) atoms. The molecule has 0 aliphatic rings. The zero-order valence-electron chi connectivity index (χ0n) is 21.5. The number of hydrogen-bond acceptors (Lipinski definition) is 6. The number of H-pyrrole nitrogens is 1. The van der Waals surface area contributed by atoms with E-state index in [-0.39, 0.29) is 11.6 Å². The van der Waals surface area contributed by atoms with E-state index < -0.39 is 0 Å². The molecular weight excluding hydrogens is 464 g/mol. The summed E-state index contributed by atoms with van der Waals surface area (Å²) in [6.07, 6.45) is 3.44. The summed E-state index contributed by atoms with van der Waals surface area (Å²) in [7, 11) is 0. The summed E-state index contributed by atoms with van der Waals surface area (Å²) < 4.78 is 7.58. The van der Waals surface area contributed by atoms with Crippen LogP contribution in [0.3, 0.4) is 0 Å². The fourth-order valence-electron chi connectivity index (χ4n) is 5.01. The summed E-state index contributed by atoms with van der Waals surface area (Å²) >= 11 is 0. The number of fused-ring (bicyclic) bond motifs is 1. The Labute approximate surface area is 215 Å². The first-order valence-corrected chi connectivity index (χ1v) is 12.7. The summed E-state index contributed by atoms with van der Waals surface area (Å²) in [4.78, 5) is 18.6. The number of nitrogens with zero attached hydrogens (tertiary/aromatic N) is 5. The van der Waals surface area contributed by atoms with Gasteiger partial charge in [0.25, 0.3) is 5.56 Å². The second-order valence-corrected chi connectivity index (χ2v) is 9.64. The smallest absolute Gasteiger partial charge is 0.252 e. The number of benzene rings is 2. The quantitative estimate of drug-likeness (QED) is 0.281. The van der Waals surface area contributed by atoms with Crippen LogP contribution in [-0.2, 0) is 19.6 Å².